The molecule has 4 nitrogen and oxygen atoms in total. The zero-order chi connectivity index (χ0) is 9.84. The molecule has 0 aromatic carbocycles. The Hall–Kier alpha value is -0.900. The molecule has 0 aliphatic carbocycles. The van der Waals surface area contributed by atoms with Crippen LogP contribution in [0.3, 0.4) is 0 Å². The van der Waals surface area contributed by atoms with E-state index in [9.17, 15) is 0 Å². The Morgan fingerprint density at radius 3 is 2.62 bits per heavy atom. The maximum Gasteiger partial charge on any atom is 0.243 e. The fourth-order valence-corrected chi connectivity index (χ4v) is 0.955. The highest BCUT2D eigenvalue weighted by molar-refractivity contribution is 4.95. The lowest BCUT2D eigenvalue weighted by Crippen LogP contribution is -2.09. The molecule has 1 heterocycles. The highest BCUT2D eigenvalue weighted by Gasteiger charge is 2.15. The van der Waals surface area contributed by atoms with Crippen molar-refractivity contribution in [3.8, 4) is 0 Å². The molecule has 1 aromatic rings. The molecule has 0 aliphatic rings. The molecule has 0 saturated carbocycles. The van der Waals surface area contributed by atoms with E-state index in [4.69, 9.17) is 10.3 Å². The lowest BCUT2D eigenvalue weighted by molar-refractivity contribution is 0.346. The Balaban J connectivity index is 2.74. The molecule has 74 valence electrons. The molecular formula is C9H17N3O. The summed E-state index contributed by atoms with van der Waals surface area (Å²) in [6, 6.07) is -0.120. The maximum atomic E-state index is 5.75. The van der Waals surface area contributed by atoms with E-state index in [1.54, 1.807) is 0 Å². The van der Waals surface area contributed by atoms with Gasteiger partial charge in [0.25, 0.3) is 0 Å². The summed E-state index contributed by atoms with van der Waals surface area (Å²) < 4.78 is 5.05. The lowest BCUT2D eigenvalue weighted by Gasteiger charge is -2.01. The average molecular weight is 183 g/mol. The van der Waals surface area contributed by atoms with E-state index in [1.807, 2.05) is 6.92 Å². The summed E-state index contributed by atoms with van der Waals surface area (Å²) >= 11 is 0. The summed E-state index contributed by atoms with van der Waals surface area (Å²) in [4.78, 5) is 4.25. The van der Waals surface area contributed by atoms with Crippen LogP contribution in [0.15, 0.2) is 4.52 Å². The molecule has 4 heteroatoms. The van der Waals surface area contributed by atoms with Gasteiger partial charge < -0.3 is 10.3 Å². The first-order valence-corrected chi connectivity index (χ1v) is 4.78. The summed E-state index contributed by atoms with van der Waals surface area (Å²) in [6.45, 7) is 6.17. The van der Waals surface area contributed by atoms with Crippen molar-refractivity contribution >= 4 is 0 Å². The van der Waals surface area contributed by atoms with Crippen LogP contribution in [0.5, 0.6) is 0 Å². The van der Waals surface area contributed by atoms with Crippen LogP contribution in [-0.2, 0) is 0 Å². The minimum Gasteiger partial charge on any atom is -0.338 e. The molecule has 0 radical (unpaired) electrons. The summed E-state index contributed by atoms with van der Waals surface area (Å²) in [5, 5.41) is 3.89. The molecule has 2 N–H and O–H groups in total. The highest BCUT2D eigenvalue weighted by Crippen LogP contribution is 2.17. The zero-order valence-electron chi connectivity index (χ0n) is 8.45. The first kappa shape index (κ1) is 10.2. The van der Waals surface area contributed by atoms with Crippen LogP contribution in [0.25, 0.3) is 0 Å². The van der Waals surface area contributed by atoms with Crippen molar-refractivity contribution in [2.75, 3.05) is 0 Å². The SMILES string of the molecule is CCC(C)c1noc(C(N)CC)n1. The lowest BCUT2D eigenvalue weighted by atomic mass is 10.1. The second kappa shape index (κ2) is 4.37. The van der Waals surface area contributed by atoms with E-state index in [2.05, 4.69) is 24.0 Å². The van der Waals surface area contributed by atoms with Crippen molar-refractivity contribution in [3.63, 3.8) is 0 Å². The third-order valence-corrected chi connectivity index (χ3v) is 2.27. The van der Waals surface area contributed by atoms with Gasteiger partial charge in [0.15, 0.2) is 5.82 Å². The maximum absolute atomic E-state index is 5.75. The van der Waals surface area contributed by atoms with E-state index < -0.39 is 0 Å². The third kappa shape index (κ3) is 2.28. The Bertz CT molecular complexity index is 235. The molecular weight excluding hydrogens is 166 g/mol. The Morgan fingerprint density at radius 1 is 1.38 bits per heavy atom. The molecule has 2 atom stereocenters. The van der Waals surface area contributed by atoms with E-state index in [-0.39, 0.29) is 6.04 Å². The Morgan fingerprint density at radius 2 is 2.08 bits per heavy atom. The molecule has 0 spiro atoms. The van der Waals surface area contributed by atoms with Crippen molar-refractivity contribution in [2.45, 2.75) is 45.6 Å². The van der Waals surface area contributed by atoms with Crippen molar-refractivity contribution in [3.05, 3.63) is 11.7 Å². The van der Waals surface area contributed by atoms with Gasteiger partial charge in [-0.2, -0.15) is 4.98 Å². The number of aromatic nitrogens is 2. The molecule has 1 aromatic heterocycles. The van der Waals surface area contributed by atoms with Gasteiger partial charge in [-0.1, -0.05) is 25.9 Å². The van der Waals surface area contributed by atoms with Gasteiger partial charge in [-0.15, -0.1) is 0 Å². The fraction of sp³-hybridized carbons (Fsp3) is 0.778. The van der Waals surface area contributed by atoms with Crippen LogP contribution in [-0.4, -0.2) is 10.1 Å². The average Bonchev–Trinajstić information content (AvgIpc) is 2.64. The summed E-state index contributed by atoms with van der Waals surface area (Å²) in [5.74, 6) is 1.67. The summed E-state index contributed by atoms with van der Waals surface area (Å²) in [7, 11) is 0. The predicted octanol–water partition coefficient (Wildman–Crippen LogP) is 1.99. The Kier molecular flexibility index (Phi) is 3.42. The van der Waals surface area contributed by atoms with Crippen molar-refractivity contribution in [1.82, 2.24) is 10.1 Å². The second-order valence-electron chi connectivity index (χ2n) is 3.31. The van der Waals surface area contributed by atoms with Crippen LogP contribution in [0.1, 0.15) is 57.3 Å². The minimum absolute atomic E-state index is 0.120. The zero-order valence-corrected chi connectivity index (χ0v) is 8.45. The number of nitrogens with zero attached hydrogens (tertiary/aromatic N) is 2. The van der Waals surface area contributed by atoms with Gasteiger partial charge in [-0.05, 0) is 12.8 Å². The highest BCUT2D eigenvalue weighted by atomic mass is 16.5. The molecule has 0 amide bonds. The molecule has 0 aliphatic heterocycles. The first-order chi connectivity index (χ1) is 6.19. The van der Waals surface area contributed by atoms with Gasteiger partial charge in [0.05, 0.1) is 6.04 Å². The predicted molar refractivity (Wildman–Crippen MR) is 50.2 cm³/mol. The van der Waals surface area contributed by atoms with Gasteiger partial charge >= 0.3 is 0 Å². The van der Waals surface area contributed by atoms with Crippen molar-refractivity contribution < 1.29 is 4.52 Å². The molecule has 0 saturated heterocycles. The Labute approximate surface area is 78.5 Å². The van der Waals surface area contributed by atoms with E-state index in [0.29, 0.717) is 11.8 Å². The van der Waals surface area contributed by atoms with Crippen LogP contribution < -0.4 is 5.73 Å². The topological polar surface area (TPSA) is 64.9 Å². The van der Waals surface area contributed by atoms with Gasteiger partial charge in [-0.3, -0.25) is 0 Å². The standard InChI is InChI=1S/C9H17N3O/c1-4-6(3)8-11-9(13-12-8)7(10)5-2/h6-7H,4-5,10H2,1-3H3. The number of nitrogens with two attached hydrogens (primary N) is 1. The minimum atomic E-state index is -0.120. The molecule has 2 unspecified atom stereocenters. The van der Waals surface area contributed by atoms with E-state index in [1.165, 1.54) is 0 Å². The first-order valence-electron chi connectivity index (χ1n) is 4.78. The van der Waals surface area contributed by atoms with Gasteiger partial charge in [0.2, 0.25) is 5.89 Å². The van der Waals surface area contributed by atoms with Crippen LogP contribution >= 0.6 is 0 Å². The van der Waals surface area contributed by atoms with Crippen LogP contribution in [0.4, 0.5) is 0 Å². The van der Waals surface area contributed by atoms with Crippen LogP contribution in [0, 0.1) is 0 Å². The van der Waals surface area contributed by atoms with Crippen LogP contribution in [0.2, 0.25) is 0 Å². The molecule has 0 bridgehead atoms. The summed E-state index contributed by atoms with van der Waals surface area (Å²) in [6.07, 6.45) is 1.84. The fourth-order valence-electron chi connectivity index (χ4n) is 0.955. The third-order valence-electron chi connectivity index (χ3n) is 2.27. The number of rotatable bonds is 4. The molecule has 0 fully saturated rings. The van der Waals surface area contributed by atoms with Gasteiger partial charge in [-0.25, -0.2) is 0 Å². The number of hydrogen-bond donors (Lipinski definition) is 1. The summed E-state index contributed by atoms with van der Waals surface area (Å²) in [5.41, 5.74) is 5.75. The molecule has 1 rings (SSSR count). The normalized spacial score (nSPS) is 15.7. The monoisotopic (exact) mass is 183 g/mol. The quantitative estimate of drug-likeness (QED) is 0.775. The van der Waals surface area contributed by atoms with Gasteiger partial charge in [0, 0.05) is 5.92 Å². The second-order valence-corrected chi connectivity index (χ2v) is 3.31. The van der Waals surface area contributed by atoms with Crippen molar-refractivity contribution in [2.24, 2.45) is 5.73 Å². The van der Waals surface area contributed by atoms with Crippen molar-refractivity contribution in [1.29, 1.82) is 0 Å². The van der Waals surface area contributed by atoms with E-state index in [0.717, 1.165) is 18.7 Å². The van der Waals surface area contributed by atoms with E-state index >= 15 is 0 Å². The number of hydrogen-bond acceptors (Lipinski definition) is 4. The van der Waals surface area contributed by atoms with Gasteiger partial charge in [0.1, 0.15) is 0 Å². The molecule has 13 heavy (non-hydrogen) atoms. The smallest absolute Gasteiger partial charge is 0.243 e. The largest absolute Gasteiger partial charge is 0.338 e.